The smallest absolute Gasteiger partial charge is 0.336 e. The van der Waals surface area contributed by atoms with Crippen molar-refractivity contribution in [3.63, 3.8) is 0 Å². The number of aliphatic hydroxyl groups is 1. The number of imidazole rings is 1. The Labute approximate surface area is 216 Å². The van der Waals surface area contributed by atoms with Crippen LogP contribution in [0.25, 0.3) is 0 Å². The average molecular weight is 520 g/mol. The van der Waals surface area contributed by atoms with Crippen molar-refractivity contribution in [3.05, 3.63) is 48.3 Å². The molecule has 1 aliphatic heterocycles. The van der Waals surface area contributed by atoms with Crippen LogP contribution in [0, 0.1) is 0 Å². The molecule has 12 nitrogen and oxygen atoms in total. The Bertz CT molecular complexity index is 998. The van der Waals surface area contributed by atoms with Gasteiger partial charge in [-0.25, -0.2) is 9.78 Å². The van der Waals surface area contributed by atoms with Crippen molar-refractivity contribution in [1.82, 2.24) is 24.3 Å². The van der Waals surface area contributed by atoms with Gasteiger partial charge < -0.3 is 25.0 Å². The Morgan fingerprint density at radius 1 is 1.08 bits per heavy atom. The summed E-state index contributed by atoms with van der Waals surface area (Å²) in [5, 5.41) is 33.8. The van der Waals surface area contributed by atoms with Gasteiger partial charge in [-0.05, 0) is 45.0 Å². The number of rotatable bonds is 13. The molecule has 4 N–H and O–H groups in total. The lowest BCUT2D eigenvalue weighted by Gasteiger charge is -2.30. The molecule has 2 aromatic rings. The molecule has 1 aliphatic rings. The van der Waals surface area contributed by atoms with Crippen molar-refractivity contribution >= 4 is 17.9 Å². The summed E-state index contributed by atoms with van der Waals surface area (Å²) < 4.78 is 2.23. The fraction of sp³-hybridized carbons (Fsp3) is 0.560. The van der Waals surface area contributed by atoms with E-state index >= 15 is 0 Å². The molecule has 0 saturated carbocycles. The Balaban J connectivity index is 0.000000317. The summed E-state index contributed by atoms with van der Waals surface area (Å²) in [5.74, 6) is -5.02. The summed E-state index contributed by atoms with van der Waals surface area (Å²) in [5.41, 5.74) is -0.312. The second kappa shape index (κ2) is 14.4. The number of hydrogen-bond donors (Lipinski definition) is 4. The van der Waals surface area contributed by atoms with Gasteiger partial charge in [-0.1, -0.05) is 13.0 Å². The maximum Gasteiger partial charge on any atom is 0.336 e. The first-order valence-electron chi connectivity index (χ1n) is 12.3. The summed E-state index contributed by atoms with van der Waals surface area (Å²) in [7, 11) is 0. The van der Waals surface area contributed by atoms with Gasteiger partial charge in [0.1, 0.15) is 0 Å². The average Bonchev–Trinajstić information content (AvgIpc) is 3.47. The lowest BCUT2D eigenvalue weighted by molar-refractivity contribution is -0.170. The molecule has 3 heterocycles. The highest BCUT2D eigenvalue weighted by Gasteiger charge is 2.40. The summed E-state index contributed by atoms with van der Waals surface area (Å²) in [6.07, 6.45) is 6.16. The zero-order chi connectivity index (χ0) is 27.4. The number of carbonyl (C=O) groups is 3. The van der Waals surface area contributed by atoms with E-state index in [4.69, 9.17) is 20.4 Å². The van der Waals surface area contributed by atoms with Gasteiger partial charge in [0.15, 0.2) is 5.60 Å². The van der Waals surface area contributed by atoms with Gasteiger partial charge in [0.25, 0.3) is 0 Å². The van der Waals surface area contributed by atoms with Crippen molar-refractivity contribution in [2.45, 2.75) is 70.8 Å². The number of aliphatic carboxylic acids is 3. The molecule has 1 unspecified atom stereocenters. The zero-order valence-electron chi connectivity index (χ0n) is 21.4. The summed E-state index contributed by atoms with van der Waals surface area (Å²) in [6, 6.07) is 6.84. The largest absolute Gasteiger partial charge is 0.481 e. The van der Waals surface area contributed by atoms with Crippen molar-refractivity contribution in [2.24, 2.45) is 0 Å². The molecule has 1 fully saturated rings. The quantitative estimate of drug-likeness (QED) is 0.303. The third-order valence-electron chi connectivity index (χ3n) is 6.30. The van der Waals surface area contributed by atoms with Crippen molar-refractivity contribution < 1.29 is 34.8 Å². The Morgan fingerprint density at radius 2 is 1.78 bits per heavy atom. The molecule has 12 heteroatoms. The predicted molar refractivity (Wildman–Crippen MR) is 134 cm³/mol. The van der Waals surface area contributed by atoms with Gasteiger partial charge in [0, 0.05) is 44.6 Å². The first-order valence-corrected chi connectivity index (χ1v) is 12.3. The van der Waals surface area contributed by atoms with Gasteiger partial charge in [-0.3, -0.25) is 24.4 Å². The minimum Gasteiger partial charge on any atom is -0.481 e. The van der Waals surface area contributed by atoms with Gasteiger partial charge in [0.2, 0.25) is 0 Å². The standard InChI is InChI=1S/C19H29N5.C6H8O7/c1-3-23-11-7-9-18(23)14-22(13-17-8-5-6-10-21-17)15-19-12-20-16-24(19)4-2;7-3(8)1-6(13,5(11)12)2-4(9)10/h5-6,8,10,12,16,18H,3-4,7,9,11,13-15H2,1-2H3;13H,1-2H2,(H,7,8)(H,9,10)(H,11,12). The third-order valence-corrected chi connectivity index (χ3v) is 6.30. The fourth-order valence-corrected chi connectivity index (χ4v) is 4.43. The van der Waals surface area contributed by atoms with Crippen molar-refractivity contribution in [1.29, 1.82) is 0 Å². The van der Waals surface area contributed by atoms with Crippen LogP contribution in [0.5, 0.6) is 0 Å². The normalized spacial score (nSPS) is 15.8. The fourth-order valence-electron chi connectivity index (χ4n) is 4.43. The molecule has 0 aliphatic carbocycles. The molecule has 204 valence electrons. The van der Waals surface area contributed by atoms with E-state index < -0.39 is 36.4 Å². The number of carboxylic acid groups (broad SMARTS) is 3. The topological polar surface area (TPSA) is 169 Å². The van der Waals surface area contributed by atoms with Gasteiger partial charge in [-0.2, -0.15) is 0 Å². The molecule has 37 heavy (non-hydrogen) atoms. The van der Waals surface area contributed by atoms with Crippen LogP contribution >= 0.6 is 0 Å². The number of hydrogen-bond acceptors (Lipinski definition) is 8. The molecule has 1 atom stereocenters. The van der Waals surface area contributed by atoms with Crippen LogP contribution in [0.1, 0.15) is 50.9 Å². The zero-order valence-corrected chi connectivity index (χ0v) is 21.4. The van der Waals surface area contributed by atoms with Crippen LogP contribution < -0.4 is 0 Å². The third kappa shape index (κ3) is 9.56. The molecule has 0 radical (unpaired) electrons. The minimum absolute atomic E-state index is 0.664. The number of carboxylic acids is 3. The van der Waals surface area contributed by atoms with E-state index in [0.29, 0.717) is 6.04 Å². The van der Waals surface area contributed by atoms with Crippen LogP contribution in [0.4, 0.5) is 0 Å². The van der Waals surface area contributed by atoms with E-state index in [1.807, 2.05) is 24.8 Å². The van der Waals surface area contributed by atoms with Crippen molar-refractivity contribution in [2.75, 3.05) is 19.6 Å². The van der Waals surface area contributed by atoms with Crippen molar-refractivity contribution in [3.8, 4) is 0 Å². The maximum absolute atomic E-state index is 10.3. The highest BCUT2D eigenvalue weighted by molar-refractivity contribution is 5.88. The van der Waals surface area contributed by atoms with E-state index in [-0.39, 0.29) is 0 Å². The van der Waals surface area contributed by atoms with Crippen LogP contribution in [0.2, 0.25) is 0 Å². The highest BCUT2D eigenvalue weighted by atomic mass is 16.4. The molecule has 3 rings (SSSR count). The Kier molecular flexibility index (Phi) is 11.6. The van der Waals surface area contributed by atoms with Crippen LogP contribution in [-0.2, 0) is 34.0 Å². The van der Waals surface area contributed by atoms with E-state index in [9.17, 15) is 14.4 Å². The number of nitrogens with zero attached hydrogens (tertiary/aromatic N) is 5. The molecular formula is C25H37N5O7. The number of likely N-dealkylation sites (N-methyl/N-ethyl adjacent to an activating group) is 1. The van der Waals surface area contributed by atoms with Crippen LogP contribution in [-0.4, -0.2) is 93.9 Å². The van der Waals surface area contributed by atoms with E-state index in [1.165, 1.54) is 25.1 Å². The van der Waals surface area contributed by atoms with Gasteiger partial charge in [-0.15, -0.1) is 0 Å². The number of likely N-dealkylation sites (tertiary alicyclic amines) is 1. The molecule has 0 amide bonds. The predicted octanol–water partition coefficient (Wildman–Crippen LogP) is 1.54. The van der Waals surface area contributed by atoms with Gasteiger partial charge >= 0.3 is 17.9 Å². The second-order valence-electron chi connectivity index (χ2n) is 9.06. The molecule has 1 saturated heterocycles. The number of pyridine rings is 1. The number of aryl methyl sites for hydroxylation is 1. The summed E-state index contributed by atoms with van der Waals surface area (Å²) >= 11 is 0. The highest BCUT2D eigenvalue weighted by Crippen LogP contribution is 2.20. The summed E-state index contributed by atoms with van der Waals surface area (Å²) in [6.45, 7) is 10.7. The maximum atomic E-state index is 10.3. The lowest BCUT2D eigenvalue weighted by Crippen LogP contribution is -2.42. The SMILES string of the molecule is CCN1CCCC1CN(Cc1ccccn1)Cc1cncn1CC.O=C(O)CC(O)(CC(=O)O)C(=O)O. The molecule has 0 spiro atoms. The van der Waals surface area contributed by atoms with E-state index in [0.717, 1.165) is 38.4 Å². The van der Waals surface area contributed by atoms with Crippen LogP contribution in [0.15, 0.2) is 36.9 Å². The monoisotopic (exact) mass is 519 g/mol. The first kappa shape index (κ1) is 29.9. The Morgan fingerprint density at radius 3 is 2.32 bits per heavy atom. The molecule has 2 aromatic heterocycles. The lowest BCUT2D eigenvalue weighted by atomic mass is 9.96. The van der Waals surface area contributed by atoms with E-state index in [1.54, 1.807) is 0 Å². The number of aromatic nitrogens is 3. The second-order valence-corrected chi connectivity index (χ2v) is 9.06. The van der Waals surface area contributed by atoms with E-state index in [2.05, 4.69) is 50.3 Å². The molecular weight excluding hydrogens is 482 g/mol. The minimum atomic E-state index is -2.74. The Hall–Kier alpha value is -3.35. The molecule has 0 aromatic carbocycles. The molecule has 0 bridgehead atoms. The van der Waals surface area contributed by atoms with Gasteiger partial charge in [0.05, 0.1) is 30.6 Å². The van der Waals surface area contributed by atoms with Crippen LogP contribution in [0.3, 0.4) is 0 Å². The first-order chi connectivity index (χ1) is 17.6. The summed E-state index contributed by atoms with van der Waals surface area (Å²) in [4.78, 5) is 44.5.